The lowest BCUT2D eigenvalue weighted by Crippen LogP contribution is -2.26. The summed E-state index contributed by atoms with van der Waals surface area (Å²) in [5.74, 6) is 0.532. The van der Waals surface area contributed by atoms with Crippen LogP contribution in [0.15, 0.2) is 18.3 Å². The third-order valence-electron chi connectivity index (χ3n) is 2.10. The summed E-state index contributed by atoms with van der Waals surface area (Å²) in [5.41, 5.74) is 12.6. The molecule has 3 nitrogen and oxygen atoms in total. The molecule has 0 saturated heterocycles. The van der Waals surface area contributed by atoms with Crippen molar-refractivity contribution in [3.63, 3.8) is 0 Å². The number of anilines is 1. The van der Waals surface area contributed by atoms with Crippen LogP contribution in [0.3, 0.4) is 0 Å². The van der Waals surface area contributed by atoms with Gasteiger partial charge in [-0.25, -0.2) is 4.98 Å². The van der Waals surface area contributed by atoms with Gasteiger partial charge in [0.05, 0.1) is 0 Å². The molecule has 13 heavy (non-hydrogen) atoms. The highest BCUT2D eigenvalue weighted by molar-refractivity contribution is 5.30. The summed E-state index contributed by atoms with van der Waals surface area (Å²) in [6.45, 7) is 6.32. The Morgan fingerprint density at radius 3 is 2.31 bits per heavy atom. The molecule has 4 N–H and O–H groups in total. The van der Waals surface area contributed by atoms with Crippen molar-refractivity contribution in [3.8, 4) is 0 Å². The van der Waals surface area contributed by atoms with Gasteiger partial charge in [0.15, 0.2) is 0 Å². The van der Waals surface area contributed by atoms with Crippen LogP contribution in [0.2, 0.25) is 0 Å². The van der Waals surface area contributed by atoms with Crippen LogP contribution in [0.5, 0.6) is 0 Å². The zero-order valence-electron chi connectivity index (χ0n) is 8.41. The van der Waals surface area contributed by atoms with Crippen LogP contribution < -0.4 is 11.5 Å². The predicted molar refractivity (Wildman–Crippen MR) is 55.0 cm³/mol. The van der Waals surface area contributed by atoms with Gasteiger partial charge in [-0.3, -0.25) is 0 Å². The first-order valence-corrected chi connectivity index (χ1v) is 4.38. The van der Waals surface area contributed by atoms with Gasteiger partial charge in [0, 0.05) is 12.2 Å². The molecule has 1 aromatic rings. The lowest BCUT2D eigenvalue weighted by Gasteiger charge is -2.27. The Kier molecular flexibility index (Phi) is 2.57. The molecule has 0 spiro atoms. The van der Waals surface area contributed by atoms with Crippen LogP contribution in [0.25, 0.3) is 0 Å². The fourth-order valence-electron chi connectivity index (χ4n) is 1.10. The topological polar surface area (TPSA) is 64.9 Å². The molecule has 1 atom stereocenters. The van der Waals surface area contributed by atoms with E-state index >= 15 is 0 Å². The van der Waals surface area contributed by atoms with Crippen molar-refractivity contribution in [1.82, 2.24) is 4.98 Å². The molecule has 0 aromatic carbocycles. The van der Waals surface area contributed by atoms with E-state index in [0.29, 0.717) is 5.82 Å². The van der Waals surface area contributed by atoms with Crippen molar-refractivity contribution in [2.24, 2.45) is 11.1 Å². The van der Waals surface area contributed by atoms with Crippen molar-refractivity contribution in [2.45, 2.75) is 26.8 Å². The normalized spacial score (nSPS) is 14.2. The van der Waals surface area contributed by atoms with Crippen molar-refractivity contribution < 1.29 is 0 Å². The first kappa shape index (κ1) is 9.99. The Morgan fingerprint density at radius 1 is 1.31 bits per heavy atom. The molecule has 72 valence electrons. The first-order chi connectivity index (χ1) is 5.91. The fraction of sp³-hybridized carbons (Fsp3) is 0.500. The van der Waals surface area contributed by atoms with E-state index < -0.39 is 0 Å². The molecule has 1 aromatic heterocycles. The van der Waals surface area contributed by atoms with E-state index in [1.807, 2.05) is 6.07 Å². The van der Waals surface area contributed by atoms with E-state index in [-0.39, 0.29) is 11.5 Å². The van der Waals surface area contributed by atoms with Gasteiger partial charge in [0.2, 0.25) is 0 Å². The maximum Gasteiger partial charge on any atom is 0.123 e. The highest BCUT2D eigenvalue weighted by atomic mass is 14.8. The lowest BCUT2D eigenvalue weighted by atomic mass is 9.84. The minimum absolute atomic E-state index is 0.000556. The van der Waals surface area contributed by atoms with Gasteiger partial charge in [0.1, 0.15) is 5.82 Å². The van der Waals surface area contributed by atoms with E-state index in [1.165, 1.54) is 0 Å². The van der Waals surface area contributed by atoms with Gasteiger partial charge in [-0.2, -0.15) is 0 Å². The Hall–Kier alpha value is -1.09. The molecule has 0 unspecified atom stereocenters. The Morgan fingerprint density at radius 2 is 1.92 bits per heavy atom. The Bertz CT molecular complexity index is 271. The molecule has 1 heterocycles. The zero-order chi connectivity index (χ0) is 10.1. The molecule has 0 aliphatic heterocycles. The van der Waals surface area contributed by atoms with Crippen LogP contribution in [-0.4, -0.2) is 4.98 Å². The van der Waals surface area contributed by atoms with Gasteiger partial charge in [-0.05, 0) is 17.0 Å². The molecule has 3 heteroatoms. The van der Waals surface area contributed by atoms with Crippen molar-refractivity contribution in [2.75, 3.05) is 5.73 Å². The maximum atomic E-state index is 6.04. The molecule has 0 aliphatic carbocycles. The highest BCUT2D eigenvalue weighted by Gasteiger charge is 2.22. The molecule has 0 amide bonds. The standard InChI is InChI=1S/C10H17N3/c1-10(2,3)9(12)7-4-5-8(11)13-6-7/h4-6,9H,12H2,1-3H3,(H2,11,13)/t9-/m0/s1. The van der Waals surface area contributed by atoms with Crippen LogP contribution in [-0.2, 0) is 0 Å². The Labute approximate surface area is 79.2 Å². The number of rotatable bonds is 1. The number of aromatic nitrogens is 1. The van der Waals surface area contributed by atoms with E-state index in [2.05, 4.69) is 25.8 Å². The SMILES string of the molecule is CC(C)(C)[C@@H](N)c1ccc(N)nc1. The van der Waals surface area contributed by atoms with Gasteiger partial charge in [-0.15, -0.1) is 0 Å². The predicted octanol–water partition coefficient (Wildman–Crippen LogP) is 1.71. The van der Waals surface area contributed by atoms with E-state index in [9.17, 15) is 0 Å². The zero-order valence-corrected chi connectivity index (χ0v) is 8.41. The third kappa shape index (κ3) is 2.42. The van der Waals surface area contributed by atoms with Crippen molar-refractivity contribution >= 4 is 5.82 Å². The molecular weight excluding hydrogens is 162 g/mol. The highest BCUT2D eigenvalue weighted by Crippen LogP contribution is 2.29. The van der Waals surface area contributed by atoms with Gasteiger partial charge in [-0.1, -0.05) is 26.8 Å². The fourth-order valence-corrected chi connectivity index (χ4v) is 1.10. The monoisotopic (exact) mass is 179 g/mol. The first-order valence-electron chi connectivity index (χ1n) is 4.38. The second kappa shape index (κ2) is 3.34. The number of nitrogens with zero attached hydrogens (tertiary/aromatic N) is 1. The Balaban J connectivity index is 2.90. The maximum absolute atomic E-state index is 6.04. The molecule has 0 radical (unpaired) electrons. The van der Waals surface area contributed by atoms with Crippen LogP contribution in [0.1, 0.15) is 32.4 Å². The smallest absolute Gasteiger partial charge is 0.123 e. The average Bonchev–Trinajstić information content (AvgIpc) is 2.03. The quantitative estimate of drug-likeness (QED) is 0.689. The summed E-state index contributed by atoms with van der Waals surface area (Å²) in [5, 5.41) is 0. The van der Waals surface area contributed by atoms with Gasteiger partial charge in [0.25, 0.3) is 0 Å². The van der Waals surface area contributed by atoms with E-state index in [1.54, 1.807) is 12.3 Å². The van der Waals surface area contributed by atoms with Crippen LogP contribution in [0.4, 0.5) is 5.82 Å². The van der Waals surface area contributed by atoms with Crippen LogP contribution in [0, 0.1) is 5.41 Å². The summed E-state index contributed by atoms with van der Waals surface area (Å²) in [6, 6.07) is 3.71. The summed E-state index contributed by atoms with van der Waals surface area (Å²) >= 11 is 0. The number of pyridine rings is 1. The minimum atomic E-state index is 0.000556. The molecule has 0 bridgehead atoms. The molecule has 0 aliphatic rings. The average molecular weight is 179 g/mol. The third-order valence-corrected chi connectivity index (χ3v) is 2.10. The number of hydrogen-bond acceptors (Lipinski definition) is 3. The molecule has 0 saturated carbocycles. The summed E-state index contributed by atoms with van der Waals surface area (Å²) in [7, 11) is 0. The number of hydrogen-bond donors (Lipinski definition) is 2. The van der Waals surface area contributed by atoms with Gasteiger partial charge < -0.3 is 11.5 Å². The summed E-state index contributed by atoms with van der Waals surface area (Å²) in [6.07, 6.45) is 1.74. The number of nitrogens with two attached hydrogens (primary N) is 2. The summed E-state index contributed by atoms with van der Waals surface area (Å²) < 4.78 is 0. The second-order valence-electron chi connectivity index (χ2n) is 4.36. The second-order valence-corrected chi connectivity index (χ2v) is 4.36. The molecular formula is C10H17N3. The molecule has 1 rings (SSSR count). The van der Waals surface area contributed by atoms with Gasteiger partial charge >= 0.3 is 0 Å². The van der Waals surface area contributed by atoms with E-state index in [4.69, 9.17) is 11.5 Å². The molecule has 0 fully saturated rings. The van der Waals surface area contributed by atoms with E-state index in [0.717, 1.165) is 5.56 Å². The number of nitrogen functional groups attached to an aromatic ring is 1. The lowest BCUT2D eigenvalue weighted by molar-refractivity contribution is 0.326. The van der Waals surface area contributed by atoms with Crippen molar-refractivity contribution in [3.05, 3.63) is 23.9 Å². The summed E-state index contributed by atoms with van der Waals surface area (Å²) in [4.78, 5) is 4.01. The minimum Gasteiger partial charge on any atom is -0.384 e. The largest absolute Gasteiger partial charge is 0.384 e. The van der Waals surface area contributed by atoms with Crippen LogP contribution >= 0.6 is 0 Å². The van der Waals surface area contributed by atoms with Crippen molar-refractivity contribution in [1.29, 1.82) is 0 Å².